The first-order valence-corrected chi connectivity index (χ1v) is 8.45. The number of rotatable bonds is 4. The highest BCUT2D eigenvalue weighted by Crippen LogP contribution is 2.39. The smallest absolute Gasteiger partial charge is 0.269 e. The minimum atomic E-state index is -0.279. The molecule has 1 N–H and O–H groups in total. The Labute approximate surface area is 156 Å². The molecule has 24 heavy (non-hydrogen) atoms. The molecule has 1 atom stereocenters. The summed E-state index contributed by atoms with van der Waals surface area (Å²) in [7, 11) is 0. The van der Waals surface area contributed by atoms with Crippen molar-refractivity contribution in [3.8, 4) is 0 Å². The maximum Gasteiger partial charge on any atom is 0.269 e. The molecule has 7 heteroatoms. The van der Waals surface area contributed by atoms with Crippen molar-refractivity contribution >= 4 is 30.5 Å². The van der Waals surface area contributed by atoms with Gasteiger partial charge in [-0.2, -0.15) is 0 Å². The minimum Gasteiger partial charge on any atom is -0.314 e. The quantitative estimate of drug-likeness (QED) is 0.638. The van der Waals surface area contributed by atoms with Crippen molar-refractivity contribution in [3.63, 3.8) is 0 Å². The highest BCUT2D eigenvalue weighted by Gasteiger charge is 2.31. The molecule has 2 aliphatic rings. The maximum absolute atomic E-state index is 11.1. The van der Waals surface area contributed by atoms with Gasteiger partial charge in [0.25, 0.3) is 5.69 Å². The molecule has 1 saturated heterocycles. The van der Waals surface area contributed by atoms with Gasteiger partial charge < -0.3 is 5.32 Å². The van der Waals surface area contributed by atoms with Crippen molar-refractivity contribution in [2.75, 3.05) is 26.2 Å². The highest BCUT2D eigenvalue weighted by molar-refractivity contribution is 5.85. The fourth-order valence-electron chi connectivity index (χ4n) is 4.01. The number of nitro groups is 1. The average molecular weight is 376 g/mol. The third kappa shape index (κ3) is 5.06. The summed E-state index contributed by atoms with van der Waals surface area (Å²) in [5.74, 6) is 0.633. The Bertz CT molecular complexity index is 500. The van der Waals surface area contributed by atoms with Crippen molar-refractivity contribution in [1.29, 1.82) is 0 Å². The molecule has 1 aromatic rings. The van der Waals surface area contributed by atoms with Crippen molar-refractivity contribution in [2.45, 2.75) is 38.1 Å². The van der Waals surface area contributed by atoms with Crippen LogP contribution in [0.15, 0.2) is 24.3 Å². The molecule has 0 spiro atoms. The molecule has 1 saturated carbocycles. The molecule has 1 heterocycles. The van der Waals surface area contributed by atoms with E-state index in [2.05, 4.69) is 16.3 Å². The van der Waals surface area contributed by atoms with E-state index in [0.29, 0.717) is 12.0 Å². The van der Waals surface area contributed by atoms with Gasteiger partial charge in [0.1, 0.15) is 0 Å². The van der Waals surface area contributed by atoms with E-state index in [1.54, 1.807) is 12.1 Å². The second-order valence-corrected chi connectivity index (χ2v) is 6.48. The zero-order valence-corrected chi connectivity index (χ0v) is 15.5. The Hall–Kier alpha value is -0.880. The predicted octanol–water partition coefficient (Wildman–Crippen LogP) is 3.97. The molecular weight excluding hydrogens is 349 g/mol. The second-order valence-electron chi connectivity index (χ2n) is 6.48. The Kier molecular flexibility index (Phi) is 8.98. The number of benzene rings is 1. The third-order valence-corrected chi connectivity index (χ3v) is 5.06. The van der Waals surface area contributed by atoms with Crippen LogP contribution in [0.4, 0.5) is 5.69 Å². The van der Waals surface area contributed by atoms with Gasteiger partial charge in [0, 0.05) is 44.4 Å². The molecule has 0 radical (unpaired) electrons. The normalized spacial score (nSPS) is 20.5. The summed E-state index contributed by atoms with van der Waals surface area (Å²) in [6.07, 6.45) is 6.42. The molecule has 3 rings (SSSR count). The first-order valence-electron chi connectivity index (χ1n) is 8.45. The lowest BCUT2D eigenvalue weighted by Gasteiger charge is -2.41. The largest absolute Gasteiger partial charge is 0.314 e. The summed E-state index contributed by atoms with van der Waals surface area (Å²) < 4.78 is 0. The van der Waals surface area contributed by atoms with Crippen LogP contribution in [0.25, 0.3) is 0 Å². The number of non-ortho nitro benzene ring substituents is 1. The summed E-state index contributed by atoms with van der Waals surface area (Å²) in [6.45, 7) is 4.09. The van der Waals surface area contributed by atoms with Gasteiger partial charge in [-0.3, -0.25) is 15.0 Å². The molecule has 1 aromatic carbocycles. The molecule has 1 aliphatic heterocycles. The van der Waals surface area contributed by atoms with E-state index in [-0.39, 0.29) is 35.4 Å². The van der Waals surface area contributed by atoms with Crippen LogP contribution < -0.4 is 5.32 Å². The lowest BCUT2D eigenvalue weighted by molar-refractivity contribution is -0.385. The van der Waals surface area contributed by atoms with Gasteiger partial charge in [0.15, 0.2) is 0 Å². The molecule has 1 aliphatic carbocycles. The number of nitrogens with one attached hydrogen (secondary N) is 1. The topological polar surface area (TPSA) is 58.4 Å². The fraction of sp³-hybridized carbons (Fsp3) is 0.647. The van der Waals surface area contributed by atoms with Crippen molar-refractivity contribution in [3.05, 3.63) is 39.9 Å². The molecule has 0 amide bonds. The van der Waals surface area contributed by atoms with Crippen LogP contribution >= 0.6 is 24.8 Å². The van der Waals surface area contributed by atoms with Gasteiger partial charge in [-0.1, -0.05) is 31.4 Å². The van der Waals surface area contributed by atoms with E-state index >= 15 is 0 Å². The van der Waals surface area contributed by atoms with Gasteiger partial charge in [0.2, 0.25) is 0 Å². The molecule has 5 nitrogen and oxygen atoms in total. The second kappa shape index (κ2) is 10.2. The predicted molar refractivity (Wildman–Crippen MR) is 101 cm³/mol. The third-order valence-electron chi connectivity index (χ3n) is 5.06. The number of nitrogens with zero attached hydrogens (tertiary/aromatic N) is 2. The molecular formula is C17H27Cl2N3O2. The van der Waals surface area contributed by atoms with Crippen LogP contribution in [0.2, 0.25) is 0 Å². The standard InChI is InChI=1S/C17H25N3O2.2ClH/c21-20(22)16-8-4-7-15(13-16)17(14-5-2-1-3-6-14)19-11-9-18-10-12-19;;/h4,7-8,13-14,17-18H,1-3,5-6,9-12H2;2*1H/t17-;;/m0../s1. The average Bonchev–Trinajstić information content (AvgIpc) is 2.57. The Balaban J connectivity index is 0.00000144. The molecule has 0 aromatic heterocycles. The summed E-state index contributed by atoms with van der Waals surface area (Å²) >= 11 is 0. The zero-order chi connectivity index (χ0) is 15.4. The minimum absolute atomic E-state index is 0. The maximum atomic E-state index is 11.1. The Morgan fingerprint density at radius 1 is 1.12 bits per heavy atom. The number of nitro benzene ring substituents is 1. The van der Waals surface area contributed by atoms with E-state index in [0.717, 1.165) is 31.7 Å². The lowest BCUT2D eigenvalue weighted by Crippen LogP contribution is -2.47. The number of halogens is 2. The van der Waals surface area contributed by atoms with Crippen LogP contribution in [0.5, 0.6) is 0 Å². The van der Waals surface area contributed by atoms with Gasteiger partial charge in [0.05, 0.1) is 4.92 Å². The molecule has 2 fully saturated rings. The van der Waals surface area contributed by atoms with Gasteiger partial charge in [-0.15, -0.1) is 24.8 Å². The van der Waals surface area contributed by atoms with E-state index in [1.165, 1.54) is 32.1 Å². The van der Waals surface area contributed by atoms with Crippen LogP contribution in [-0.2, 0) is 0 Å². The number of hydrogen-bond donors (Lipinski definition) is 1. The van der Waals surface area contributed by atoms with E-state index in [9.17, 15) is 10.1 Å². The van der Waals surface area contributed by atoms with Gasteiger partial charge >= 0.3 is 0 Å². The lowest BCUT2D eigenvalue weighted by atomic mass is 9.80. The van der Waals surface area contributed by atoms with Gasteiger partial charge in [-0.25, -0.2) is 0 Å². The van der Waals surface area contributed by atoms with Crippen molar-refractivity contribution < 1.29 is 4.92 Å². The zero-order valence-electron chi connectivity index (χ0n) is 13.9. The first-order chi connectivity index (χ1) is 10.8. The Morgan fingerprint density at radius 3 is 2.42 bits per heavy atom. The van der Waals surface area contributed by atoms with E-state index in [1.807, 2.05) is 6.07 Å². The molecule has 136 valence electrons. The van der Waals surface area contributed by atoms with Crippen LogP contribution in [0.1, 0.15) is 43.7 Å². The van der Waals surface area contributed by atoms with Crippen LogP contribution in [0, 0.1) is 16.0 Å². The van der Waals surface area contributed by atoms with Gasteiger partial charge in [-0.05, 0) is 24.3 Å². The summed E-state index contributed by atoms with van der Waals surface area (Å²) in [4.78, 5) is 13.4. The van der Waals surface area contributed by atoms with Crippen molar-refractivity contribution in [1.82, 2.24) is 10.2 Å². The number of piperazine rings is 1. The fourth-order valence-corrected chi connectivity index (χ4v) is 4.01. The SMILES string of the molecule is Cl.Cl.O=[N+]([O-])c1cccc([C@H](C2CCCCC2)N2CCNCC2)c1. The first kappa shape index (κ1) is 21.2. The van der Waals surface area contributed by atoms with Crippen molar-refractivity contribution in [2.24, 2.45) is 5.92 Å². The van der Waals surface area contributed by atoms with E-state index in [4.69, 9.17) is 0 Å². The summed E-state index contributed by atoms with van der Waals surface area (Å²) in [5, 5.41) is 14.5. The number of hydrogen-bond acceptors (Lipinski definition) is 4. The van der Waals surface area contributed by atoms with Crippen LogP contribution in [0.3, 0.4) is 0 Å². The monoisotopic (exact) mass is 375 g/mol. The van der Waals surface area contributed by atoms with Crippen LogP contribution in [-0.4, -0.2) is 36.0 Å². The Morgan fingerprint density at radius 2 is 1.79 bits per heavy atom. The summed E-state index contributed by atoms with van der Waals surface area (Å²) in [5.41, 5.74) is 1.34. The molecule has 0 bridgehead atoms. The highest BCUT2D eigenvalue weighted by atomic mass is 35.5. The van der Waals surface area contributed by atoms with E-state index < -0.39 is 0 Å². The summed E-state index contributed by atoms with van der Waals surface area (Å²) in [6, 6.07) is 7.64. The molecule has 0 unspecified atom stereocenters.